The van der Waals surface area contributed by atoms with Crippen molar-refractivity contribution in [2.24, 2.45) is 5.73 Å². The number of carbonyl (C=O) groups is 2. The summed E-state index contributed by atoms with van der Waals surface area (Å²) in [4.78, 5) is 22.5. The minimum absolute atomic E-state index is 0.000131. The quantitative estimate of drug-likeness (QED) is 0.261. The van der Waals surface area contributed by atoms with Crippen LogP contribution < -0.4 is 10.5 Å². The van der Waals surface area contributed by atoms with Crippen LogP contribution in [-0.4, -0.2) is 43.7 Å². The molecule has 3 N–H and O–H groups in total. The molecule has 1 amide bonds. The predicted octanol–water partition coefficient (Wildman–Crippen LogP) is 1.12. The Hall–Kier alpha value is -2.10. The van der Waals surface area contributed by atoms with E-state index in [4.69, 9.17) is 15.9 Å². The highest BCUT2D eigenvalue weighted by Gasteiger charge is 2.11. The fourth-order valence-electron chi connectivity index (χ4n) is 2.08. The topological polar surface area (TPSA) is 137 Å². The first kappa shape index (κ1) is 20.9. The van der Waals surface area contributed by atoms with E-state index in [2.05, 4.69) is 0 Å². The third-order valence-corrected chi connectivity index (χ3v) is 4.00. The lowest BCUT2D eigenvalue weighted by Crippen LogP contribution is -2.36. The van der Waals surface area contributed by atoms with Gasteiger partial charge in [-0.2, -0.15) is 0 Å². The van der Waals surface area contributed by atoms with Crippen LogP contribution in [0, 0.1) is 5.41 Å². The molecule has 0 heterocycles. The van der Waals surface area contributed by atoms with Crippen molar-refractivity contribution in [3.63, 3.8) is 0 Å². The summed E-state index contributed by atoms with van der Waals surface area (Å²) in [6, 6.07) is 6.67. The van der Waals surface area contributed by atoms with Crippen LogP contribution in [0.2, 0.25) is 0 Å². The van der Waals surface area contributed by atoms with Crippen LogP contribution in [0.25, 0.3) is 0 Å². The Morgan fingerprint density at radius 1 is 1.28 bits per heavy atom. The lowest BCUT2D eigenvalue weighted by atomic mass is 10.1. The summed E-state index contributed by atoms with van der Waals surface area (Å²) < 4.78 is 27.8. The molecule has 25 heavy (non-hydrogen) atoms. The zero-order valence-electron chi connectivity index (χ0n) is 14.0. The number of esters is 1. The second-order valence-electron chi connectivity index (χ2n) is 5.38. The van der Waals surface area contributed by atoms with E-state index in [1.807, 2.05) is 6.92 Å². The number of hydrogen-bond donors (Lipinski definition) is 2. The van der Waals surface area contributed by atoms with E-state index in [9.17, 15) is 18.4 Å². The third kappa shape index (κ3) is 8.01. The average Bonchev–Trinajstić information content (AvgIpc) is 2.54. The highest BCUT2D eigenvalue weighted by molar-refractivity contribution is 7.76. The molecule has 0 bridgehead atoms. The summed E-state index contributed by atoms with van der Waals surface area (Å²) in [6.45, 7) is 1.58. The van der Waals surface area contributed by atoms with Crippen LogP contribution in [0.1, 0.15) is 38.2 Å². The smallest absolute Gasteiger partial charge is 0.311 e. The molecule has 8 nitrogen and oxygen atoms in total. The molecular formula is C16H22N3O5S-. The fourth-order valence-corrected chi connectivity index (χ4v) is 2.59. The van der Waals surface area contributed by atoms with Gasteiger partial charge < -0.3 is 20.4 Å². The van der Waals surface area contributed by atoms with Crippen molar-refractivity contribution < 1.29 is 23.1 Å². The van der Waals surface area contributed by atoms with E-state index in [1.165, 1.54) is 0 Å². The van der Waals surface area contributed by atoms with E-state index in [-0.39, 0.29) is 19.4 Å². The molecule has 0 saturated carbocycles. The highest BCUT2D eigenvalue weighted by Crippen LogP contribution is 2.15. The molecule has 0 aromatic heterocycles. The maximum absolute atomic E-state index is 11.8. The molecule has 1 aromatic carbocycles. The van der Waals surface area contributed by atoms with E-state index in [0.29, 0.717) is 17.9 Å². The van der Waals surface area contributed by atoms with Crippen molar-refractivity contribution >= 4 is 28.9 Å². The second kappa shape index (κ2) is 10.7. The van der Waals surface area contributed by atoms with Crippen molar-refractivity contribution in [1.82, 2.24) is 4.31 Å². The van der Waals surface area contributed by atoms with Crippen LogP contribution in [0.5, 0.6) is 5.75 Å². The first-order valence-electron chi connectivity index (χ1n) is 7.84. The van der Waals surface area contributed by atoms with Crippen molar-refractivity contribution in [2.75, 3.05) is 13.1 Å². The zero-order chi connectivity index (χ0) is 18.8. The molecule has 9 heteroatoms. The molecule has 0 radical (unpaired) electrons. The molecule has 0 fully saturated rings. The molecule has 1 unspecified atom stereocenters. The largest absolute Gasteiger partial charge is 0.760 e. The Morgan fingerprint density at radius 2 is 1.92 bits per heavy atom. The number of primary amides is 1. The molecule has 1 rings (SSSR count). The Labute approximate surface area is 149 Å². The monoisotopic (exact) mass is 368 g/mol. The van der Waals surface area contributed by atoms with Crippen molar-refractivity contribution in [1.29, 1.82) is 5.41 Å². The summed E-state index contributed by atoms with van der Waals surface area (Å²) in [5.74, 6) is -0.910. The van der Waals surface area contributed by atoms with Crippen LogP contribution in [-0.2, 0) is 20.9 Å². The second-order valence-corrected chi connectivity index (χ2v) is 6.33. The molecule has 0 aliphatic rings. The molecule has 1 atom stereocenters. The van der Waals surface area contributed by atoms with Gasteiger partial charge in [0.15, 0.2) is 0 Å². The van der Waals surface area contributed by atoms with Crippen molar-refractivity contribution in [3.05, 3.63) is 29.8 Å². The third-order valence-electron chi connectivity index (χ3n) is 3.27. The summed E-state index contributed by atoms with van der Waals surface area (Å²) >= 11 is -2.58. The average molecular weight is 368 g/mol. The number of rotatable bonds is 11. The molecular weight excluding hydrogens is 346 g/mol. The summed E-state index contributed by atoms with van der Waals surface area (Å²) in [7, 11) is 0. The number of ether oxygens (including phenoxy) is 1. The molecule has 0 aliphatic carbocycles. The number of hydrogen-bond acceptors (Lipinski definition) is 6. The first-order chi connectivity index (χ1) is 11.8. The summed E-state index contributed by atoms with van der Waals surface area (Å²) in [5.41, 5.74) is 6.26. The maximum atomic E-state index is 11.8. The van der Waals surface area contributed by atoms with Crippen LogP contribution in [0.15, 0.2) is 24.3 Å². The van der Waals surface area contributed by atoms with Gasteiger partial charge in [0, 0.05) is 29.9 Å². The minimum atomic E-state index is -2.58. The van der Waals surface area contributed by atoms with Crippen LogP contribution in [0.3, 0.4) is 0 Å². The standard InChI is InChI=1S/C16H23N3O5S/c1-2-4-14(17)12-6-8-13(9-7-12)24-16(21)5-3-10-19(25(22)23)11-15(18)20/h6-9,17H,2-5,10-11H2,1H3,(H2,18,20)(H,22,23)/p-1. The number of benzene rings is 1. The van der Waals surface area contributed by atoms with Gasteiger partial charge >= 0.3 is 5.97 Å². The maximum Gasteiger partial charge on any atom is 0.311 e. The van der Waals surface area contributed by atoms with Crippen molar-refractivity contribution in [3.8, 4) is 5.75 Å². The van der Waals surface area contributed by atoms with Gasteiger partial charge in [-0.1, -0.05) is 13.3 Å². The number of carbonyl (C=O) groups excluding carboxylic acids is 2. The normalized spacial score (nSPS) is 12.0. The lowest BCUT2D eigenvalue weighted by Gasteiger charge is -2.22. The van der Waals surface area contributed by atoms with Gasteiger partial charge in [-0.05, 0) is 42.7 Å². The Balaban J connectivity index is 2.45. The van der Waals surface area contributed by atoms with Gasteiger partial charge in [-0.25, -0.2) is 4.31 Å². The van der Waals surface area contributed by atoms with E-state index in [0.717, 1.165) is 16.3 Å². The van der Waals surface area contributed by atoms with Gasteiger partial charge in [-0.3, -0.25) is 13.8 Å². The van der Waals surface area contributed by atoms with E-state index in [1.54, 1.807) is 24.3 Å². The van der Waals surface area contributed by atoms with Crippen molar-refractivity contribution in [2.45, 2.75) is 32.6 Å². The first-order valence-corrected chi connectivity index (χ1v) is 8.87. The number of nitrogens with two attached hydrogens (primary N) is 1. The van der Waals surface area contributed by atoms with Crippen LogP contribution >= 0.6 is 0 Å². The molecule has 1 aromatic rings. The molecule has 138 valence electrons. The Morgan fingerprint density at radius 3 is 2.44 bits per heavy atom. The molecule has 0 aliphatic heterocycles. The van der Waals surface area contributed by atoms with Gasteiger partial charge in [0.1, 0.15) is 5.75 Å². The Kier molecular flexibility index (Phi) is 8.96. The lowest BCUT2D eigenvalue weighted by molar-refractivity contribution is -0.134. The molecule has 0 saturated heterocycles. The SMILES string of the molecule is CCCC(=N)c1ccc(OC(=O)CCCN(CC(N)=O)S(=O)[O-])cc1. The van der Waals surface area contributed by atoms with Gasteiger partial charge in [0.2, 0.25) is 5.91 Å². The van der Waals surface area contributed by atoms with Gasteiger partial charge in [0.05, 0.1) is 6.54 Å². The summed E-state index contributed by atoms with van der Waals surface area (Å²) in [5, 5.41) is 7.86. The van der Waals surface area contributed by atoms with E-state index >= 15 is 0 Å². The highest BCUT2D eigenvalue weighted by atomic mass is 32.2. The number of nitrogens with zero attached hydrogens (tertiary/aromatic N) is 1. The van der Waals surface area contributed by atoms with Gasteiger partial charge in [-0.15, -0.1) is 0 Å². The predicted molar refractivity (Wildman–Crippen MR) is 92.7 cm³/mol. The fraction of sp³-hybridized carbons (Fsp3) is 0.438. The Bertz CT molecular complexity index is 633. The number of nitrogens with one attached hydrogen (secondary N) is 1. The summed E-state index contributed by atoms with van der Waals surface area (Å²) in [6.07, 6.45) is 1.78. The zero-order valence-corrected chi connectivity index (χ0v) is 14.8. The van der Waals surface area contributed by atoms with Crippen LogP contribution in [0.4, 0.5) is 0 Å². The number of amides is 1. The van der Waals surface area contributed by atoms with Gasteiger partial charge in [0.25, 0.3) is 0 Å². The van der Waals surface area contributed by atoms with E-state index < -0.39 is 29.7 Å². The molecule has 0 spiro atoms. The minimum Gasteiger partial charge on any atom is -0.760 e.